The van der Waals surface area contributed by atoms with Crippen LogP contribution in [0.5, 0.6) is 5.75 Å². The van der Waals surface area contributed by atoms with Gasteiger partial charge in [-0.15, -0.1) is 0 Å². The van der Waals surface area contributed by atoms with Gasteiger partial charge >= 0.3 is 0 Å². The first-order valence-corrected chi connectivity index (χ1v) is 10.1. The van der Waals surface area contributed by atoms with Crippen LogP contribution in [-0.2, 0) is 11.3 Å². The van der Waals surface area contributed by atoms with Gasteiger partial charge in [-0.3, -0.25) is 4.90 Å². The molecule has 0 spiro atoms. The number of benzene rings is 2. The van der Waals surface area contributed by atoms with E-state index in [2.05, 4.69) is 69.8 Å². The van der Waals surface area contributed by atoms with E-state index in [4.69, 9.17) is 9.47 Å². The van der Waals surface area contributed by atoms with E-state index in [0.29, 0.717) is 6.10 Å². The first-order valence-electron chi connectivity index (χ1n) is 10.1. The van der Waals surface area contributed by atoms with Gasteiger partial charge in [-0.1, -0.05) is 42.5 Å². The van der Waals surface area contributed by atoms with Crippen molar-refractivity contribution in [3.63, 3.8) is 0 Å². The summed E-state index contributed by atoms with van der Waals surface area (Å²) in [7, 11) is 1.72. The molecular formula is C22H30N4O2. The summed E-state index contributed by atoms with van der Waals surface area (Å²) in [5.41, 5.74) is 12.4. The molecule has 2 fully saturated rings. The molecule has 0 radical (unpaired) electrons. The smallest absolute Gasteiger partial charge is 0.119 e. The van der Waals surface area contributed by atoms with Gasteiger partial charge in [0.25, 0.3) is 0 Å². The molecule has 2 saturated heterocycles. The molecule has 2 aliphatic rings. The molecule has 0 amide bonds. The summed E-state index contributed by atoms with van der Waals surface area (Å²) in [4.78, 5) is 2.49. The highest BCUT2D eigenvalue weighted by molar-refractivity contribution is 5.28. The van der Waals surface area contributed by atoms with E-state index in [-0.39, 0.29) is 12.1 Å². The van der Waals surface area contributed by atoms with Crippen LogP contribution in [0.25, 0.3) is 0 Å². The third kappa shape index (κ3) is 4.90. The predicted molar refractivity (Wildman–Crippen MR) is 110 cm³/mol. The average Bonchev–Trinajstić information content (AvgIpc) is 3.41. The zero-order valence-corrected chi connectivity index (χ0v) is 16.4. The largest absolute Gasteiger partial charge is 0.497 e. The van der Waals surface area contributed by atoms with Crippen LogP contribution in [0.1, 0.15) is 30.0 Å². The quantitative estimate of drug-likeness (QED) is 0.652. The SMILES string of the molecule is COc1cccc(CN(CC2CCCO2)CC2NNNC2c2ccccc2)c1. The molecular weight excluding hydrogens is 352 g/mol. The third-order valence-corrected chi connectivity index (χ3v) is 5.53. The lowest BCUT2D eigenvalue weighted by Gasteiger charge is -2.30. The van der Waals surface area contributed by atoms with Gasteiger partial charge in [0.2, 0.25) is 0 Å². The van der Waals surface area contributed by atoms with E-state index in [0.717, 1.165) is 44.8 Å². The maximum atomic E-state index is 5.92. The second-order valence-electron chi connectivity index (χ2n) is 7.59. The van der Waals surface area contributed by atoms with E-state index >= 15 is 0 Å². The second kappa shape index (κ2) is 9.49. The number of nitrogens with one attached hydrogen (secondary N) is 3. The highest BCUT2D eigenvalue weighted by Crippen LogP contribution is 2.22. The molecule has 4 rings (SSSR count). The lowest BCUT2D eigenvalue weighted by atomic mass is 10.00. The van der Waals surface area contributed by atoms with Gasteiger partial charge in [0.15, 0.2) is 0 Å². The van der Waals surface area contributed by atoms with Gasteiger partial charge in [-0.25, -0.2) is 10.9 Å². The summed E-state index contributed by atoms with van der Waals surface area (Å²) in [6.07, 6.45) is 2.63. The number of rotatable bonds is 8. The summed E-state index contributed by atoms with van der Waals surface area (Å²) in [6, 6.07) is 19.4. The number of hydrazine groups is 2. The lowest BCUT2D eigenvalue weighted by Crippen LogP contribution is -2.44. The molecule has 0 saturated carbocycles. The van der Waals surface area contributed by atoms with Crippen LogP contribution in [-0.4, -0.2) is 43.9 Å². The van der Waals surface area contributed by atoms with Crippen molar-refractivity contribution in [3.05, 3.63) is 65.7 Å². The molecule has 28 heavy (non-hydrogen) atoms. The fourth-order valence-corrected chi connectivity index (χ4v) is 4.11. The molecule has 2 heterocycles. The van der Waals surface area contributed by atoms with Gasteiger partial charge in [0.1, 0.15) is 5.75 Å². The van der Waals surface area contributed by atoms with Gasteiger partial charge in [-0.05, 0) is 36.1 Å². The van der Waals surface area contributed by atoms with Crippen LogP contribution in [0.3, 0.4) is 0 Å². The van der Waals surface area contributed by atoms with Crippen LogP contribution >= 0.6 is 0 Å². The normalized spacial score (nSPS) is 24.7. The Bertz CT molecular complexity index is 736. The summed E-state index contributed by atoms with van der Waals surface area (Å²) in [5, 5.41) is 0. The number of hydrogen-bond donors (Lipinski definition) is 3. The second-order valence-corrected chi connectivity index (χ2v) is 7.59. The fourth-order valence-electron chi connectivity index (χ4n) is 4.11. The number of ether oxygens (including phenoxy) is 2. The number of hydrogen-bond acceptors (Lipinski definition) is 6. The van der Waals surface area contributed by atoms with Crippen LogP contribution < -0.4 is 21.1 Å². The molecule has 3 unspecified atom stereocenters. The minimum absolute atomic E-state index is 0.221. The van der Waals surface area contributed by atoms with E-state index < -0.39 is 0 Å². The first-order chi connectivity index (χ1) is 13.8. The van der Waals surface area contributed by atoms with E-state index in [1.54, 1.807) is 7.11 Å². The Morgan fingerprint density at radius 1 is 1.07 bits per heavy atom. The predicted octanol–water partition coefficient (Wildman–Crippen LogP) is 2.40. The van der Waals surface area contributed by atoms with Crippen molar-refractivity contribution >= 4 is 0 Å². The highest BCUT2D eigenvalue weighted by Gasteiger charge is 2.30. The van der Waals surface area contributed by atoms with Gasteiger partial charge < -0.3 is 9.47 Å². The Balaban J connectivity index is 1.47. The van der Waals surface area contributed by atoms with Crippen molar-refractivity contribution in [2.24, 2.45) is 0 Å². The van der Waals surface area contributed by atoms with E-state index in [1.807, 2.05) is 6.07 Å². The monoisotopic (exact) mass is 382 g/mol. The highest BCUT2D eigenvalue weighted by atomic mass is 16.5. The van der Waals surface area contributed by atoms with Crippen molar-refractivity contribution in [1.82, 2.24) is 21.3 Å². The van der Waals surface area contributed by atoms with Crippen LogP contribution in [0.4, 0.5) is 0 Å². The first kappa shape index (κ1) is 19.4. The van der Waals surface area contributed by atoms with Crippen molar-refractivity contribution in [2.75, 3.05) is 26.8 Å². The van der Waals surface area contributed by atoms with Crippen molar-refractivity contribution in [2.45, 2.75) is 37.6 Å². The fraction of sp³-hybridized carbons (Fsp3) is 0.455. The zero-order chi connectivity index (χ0) is 19.2. The molecule has 0 aromatic heterocycles. The Kier molecular flexibility index (Phi) is 6.57. The summed E-state index contributed by atoms with van der Waals surface area (Å²) in [6.45, 7) is 3.61. The topological polar surface area (TPSA) is 57.8 Å². The molecule has 2 aliphatic heterocycles. The molecule has 0 aliphatic carbocycles. The van der Waals surface area contributed by atoms with Gasteiger partial charge in [0.05, 0.1) is 25.3 Å². The molecule has 2 aromatic carbocycles. The molecule has 3 atom stereocenters. The van der Waals surface area contributed by atoms with E-state index in [1.165, 1.54) is 11.1 Å². The maximum Gasteiger partial charge on any atom is 0.119 e. The molecule has 0 bridgehead atoms. The molecule has 150 valence electrons. The van der Waals surface area contributed by atoms with Gasteiger partial charge in [0, 0.05) is 26.2 Å². The standard InChI is InChI=1S/C22H30N4O2/c1-27-19-10-5-7-17(13-19)14-26(15-20-11-6-12-28-20)16-21-22(24-25-23-21)18-8-3-2-4-9-18/h2-5,7-10,13,20-25H,6,11-12,14-16H2,1H3. The summed E-state index contributed by atoms with van der Waals surface area (Å²) >= 11 is 0. The van der Waals surface area contributed by atoms with E-state index in [9.17, 15) is 0 Å². The summed E-state index contributed by atoms with van der Waals surface area (Å²) < 4.78 is 11.3. The van der Waals surface area contributed by atoms with Gasteiger partial charge in [-0.2, -0.15) is 5.53 Å². The zero-order valence-electron chi connectivity index (χ0n) is 16.4. The third-order valence-electron chi connectivity index (χ3n) is 5.53. The Morgan fingerprint density at radius 3 is 2.75 bits per heavy atom. The Hall–Kier alpha value is -1.96. The van der Waals surface area contributed by atoms with Crippen LogP contribution in [0.2, 0.25) is 0 Å². The number of methoxy groups -OCH3 is 1. The van der Waals surface area contributed by atoms with Crippen molar-refractivity contribution in [1.29, 1.82) is 0 Å². The summed E-state index contributed by atoms with van der Waals surface area (Å²) in [5.74, 6) is 0.902. The van der Waals surface area contributed by atoms with Crippen molar-refractivity contribution < 1.29 is 9.47 Å². The maximum absolute atomic E-state index is 5.92. The molecule has 6 heteroatoms. The minimum Gasteiger partial charge on any atom is -0.497 e. The average molecular weight is 383 g/mol. The van der Waals surface area contributed by atoms with Crippen molar-refractivity contribution in [3.8, 4) is 5.75 Å². The minimum atomic E-state index is 0.221. The lowest BCUT2D eigenvalue weighted by molar-refractivity contribution is 0.0667. The van der Waals surface area contributed by atoms with Crippen LogP contribution in [0, 0.1) is 0 Å². The number of nitrogens with zero attached hydrogens (tertiary/aromatic N) is 1. The Morgan fingerprint density at radius 2 is 1.96 bits per heavy atom. The molecule has 3 N–H and O–H groups in total. The molecule has 6 nitrogen and oxygen atoms in total. The molecule has 2 aromatic rings. The van der Waals surface area contributed by atoms with Crippen LogP contribution in [0.15, 0.2) is 54.6 Å². The Labute approximate surface area is 167 Å².